The van der Waals surface area contributed by atoms with E-state index in [-0.39, 0.29) is 12.1 Å². The number of aliphatic hydroxyl groups excluding tert-OH is 1. The van der Waals surface area contributed by atoms with Crippen molar-refractivity contribution >= 4 is 22.5 Å². The normalized spacial score (nSPS) is 13.6. The number of amides is 2. The summed E-state index contributed by atoms with van der Waals surface area (Å²) in [6.07, 6.45) is 2.41. The van der Waals surface area contributed by atoms with Gasteiger partial charge in [0.05, 0.1) is 6.10 Å². The predicted octanol–water partition coefficient (Wildman–Crippen LogP) is 1.71. The maximum absolute atomic E-state index is 11.6. The summed E-state index contributed by atoms with van der Waals surface area (Å²) in [7, 11) is -1.07. The fraction of sp³-hybridized carbons (Fsp3) is 0.462. The summed E-state index contributed by atoms with van der Waals surface area (Å²) in [4.78, 5) is 12.2. The number of anilines is 1. The highest BCUT2D eigenvalue weighted by atomic mass is 32.2. The number of benzene rings is 1. The zero-order valence-electron chi connectivity index (χ0n) is 11.2. The molecule has 1 rings (SSSR count). The van der Waals surface area contributed by atoms with Crippen molar-refractivity contribution in [2.45, 2.75) is 30.8 Å². The molecule has 0 aliphatic carbocycles. The van der Waals surface area contributed by atoms with E-state index >= 15 is 0 Å². The molecular weight excluding hydrogens is 264 g/mol. The maximum atomic E-state index is 11.6. The quantitative estimate of drug-likeness (QED) is 0.744. The summed E-state index contributed by atoms with van der Waals surface area (Å²) >= 11 is 0. The van der Waals surface area contributed by atoms with Crippen molar-refractivity contribution < 1.29 is 14.1 Å². The molecule has 3 N–H and O–H groups in total. The molecule has 0 aliphatic rings. The van der Waals surface area contributed by atoms with E-state index in [0.717, 1.165) is 0 Å². The van der Waals surface area contributed by atoms with E-state index in [2.05, 4.69) is 10.6 Å². The third-order valence-electron chi connectivity index (χ3n) is 2.66. The first-order valence-electron chi connectivity index (χ1n) is 6.19. The van der Waals surface area contributed by atoms with Gasteiger partial charge in [-0.05, 0) is 31.0 Å². The summed E-state index contributed by atoms with van der Waals surface area (Å²) in [6.45, 7) is 2.31. The Hall–Kier alpha value is -1.40. The molecule has 5 nitrogen and oxygen atoms in total. The summed E-state index contributed by atoms with van der Waals surface area (Å²) in [5.41, 5.74) is 0.598. The van der Waals surface area contributed by atoms with E-state index in [0.29, 0.717) is 30.0 Å². The molecule has 2 atom stereocenters. The molecule has 106 valence electrons. The number of nitrogens with one attached hydrogen (secondary N) is 2. The number of carbonyl (C=O) groups is 1. The van der Waals surface area contributed by atoms with Crippen molar-refractivity contribution in [3.05, 3.63) is 24.3 Å². The Bertz CT molecular complexity index is 451. The molecule has 0 saturated carbocycles. The van der Waals surface area contributed by atoms with Crippen LogP contribution in [0.15, 0.2) is 29.2 Å². The second-order valence-electron chi connectivity index (χ2n) is 4.21. The van der Waals surface area contributed by atoms with Crippen LogP contribution in [-0.2, 0) is 10.8 Å². The molecule has 6 heteroatoms. The van der Waals surface area contributed by atoms with E-state index in [1.807, 2.05) is 6.92 Å². The molecule has 0 radical (unpaired) electrons. The lowest BCUT2D eigenvalue weighted by atomic mass is 10.2. The van der Waals surface area contributed by atoms with Crippen LogP contribution < -0.4 is 10.6 Å². The fourth-order valence-corrected chi connectivity index (χ4v) is 2.05. The Morgan fingerprint density at radius 1 is 1.47 bits per heavy atom. The molecular formula is C13H20N2O3S. The highest BCUT2D eigenvalue weighted by Gasteiger charge is 2.05. The van der Waals surface area contributed by atoms with Crippen molar-refractivity contribution in [2.75, 3.05) is 18.1 Å². The zero-order chi connectivity index (χ0) is 14.3. The van der Waals surface area contributed by atoms with Gasteiger partial charge < -0.3 is 15.7 Å². The van der Waals surface area contributed by atoms with Crippen molar-refractivity contribution in [3.63, 3.8) is 0 Å². The highest BCUT2D eigenvalue weighted by molar-refractivity contribution is 7.84. The standard InChI is InChI=1S/C13H20N2O3S/c1-3-11(16)7-8-14-13(17)15-10-5-4-6-12(9-10)19(2)18/h4-6,9,11,16H,3,7-8H2,1-2H3,(H2,14,15,17). The van der Waals surface area contributed by atoms with Gasteiger partial charge >= 0.3 is 6.03 Å². The molecule has 2 unspecified atom stereocenters. The molecule has 0 heterocycles. The lowest BCUT2D eigenvalue weighted by molar-refractivity contribution is 0.160. The zero-order valence-corrected chi connectivity index (χ0v) is 12.0. The first-order valence-corrected chi connectivity index (χ1v) is 7.75. The number of hydrogen-bond acceptors (Lipinski definition) is 3. The maximum Gasteiger partial charge on any atom is 0.319 e. The predicted molar refractivity (Wildman–Crippen MR) is 76.7 cm³/mol. The largest absolute Gasteiger partial charge is 0.393 e. The molecule has 1 aromatic carbocycles. The Morgan fingerprint density at radius 2 is 2.21 bits per heavy atom. The van der Waals surface area contributed by atoms with Crippen LogP contribution in [0.2, 0.25) is 0 Å². The van der Waals surface area contributed by atoms with E-state index in [4.69, 9.17) is 0 Å². The van der Waals surface area contributed by atoms with E-state index < -0.39 is 10.8 Å². The number of rotatable bonds is 6. The molecule has 0 bridgehead atoms. The van der Waals surface area contributed by atoms with Gasteiger partial charge in [-0.1, -0.05) is 13.0 Å². The Labute approximate surface area is 115 Å². The van der Waals surface area contributed by atoms with Crippen molar-refractivity contribution in [3.8, 4) is 0 Å². The minimum absolute atomic E-state index is 0.331. The van der Waals surface area contributed by atoms with Crippen molar-refractivity contribution in [1.82, 2.24) is 5.32 Å². The van der Waals surface area contributed by atoms with Gasteiger partial charge in [-0.15, -0.1) is 0 Å². The van der Waals surface area contributed by atoms with Crippen molar-refractivity contribution in [1.29, 1.82) is 0 Å². The van der Waals surface area contributed by atoms with E-state index in [1.54, 1.807) is 30.5 Å². The van der Waals surface area contributed by atoms with Gasteiger partial charge in [0.1, 0.15) is 0 Å². The summed E-state index contributed by atoms with van der Waals surface area (Å²) in [6, 6.07) is 6.57. The number of aliphatic hydroxyl groups is 1. The minimum Gasteiger partial charge on any atom is -0.393 e. The van der Waals surface area contributed by atoms with Gasteiger partial charge in [0.25, 0.3) is 0 Å². The SMILES string of the molecule is CCC(O)CCNC(=O)Nc1cccc(S(C)=O)c1. The molecule has 0 aliphatic heterocycles. The molecule has 0 spiro atoms. The van der Waals surface area contributed by atoms with E-state index in [9.17, 15) is 14.1 Å². The summed E-state index contributed by atoms with van der Waals surface area (Å²) < 4.78 is 11.3. The summed E-state index contributed by atoms with van der Waals surface area (Å²) in [5, 5.41) is 14.7. The smallest absolute Gasteiger partial charge is 0.319 e. The number of hydrogen-bond donors (Lipinski definition) is 3. The Kier molecular flexibility index (Phi) is 6.52. The van der Waals surface area contributed by atoms with Crippen LogP contribution in [0.1, 0.15) is 19.8 Å². The van der Waals surface area contributed by atoms with Gasteiger partial charge in [-0.2, -0.15) is 0 Å². The molecule has 2 amide bonds. The van der Waals surface area contributed by atoms with Crippen LogP contribution >= 0.6 is 0 Å². The molecule has 0 aromatic heterocycles. The monoisotopic (exact) mass is 284 g/mol. The lowest BCUT2D eigenvalue weighted by Crippen LogP contribution is -2.31. The lowest BCUT2D eigenvalue weighted by Gasteiger charge is -2.10. The number of urea groups is 1. The first-order chi connectivity index (χ1) is 9.02. The van der Waals surface area contributed by atoms with Crippen LogP contribution in [-0.4, -0.2) is 34.3 Å². The minimum atomic E-state index is -1.07. The number of carbonyl (C=O) groups excluding carboxylic acids is 1. The van der Waals surface area contributed by atoms with Crippen LogP contribution in [0.25, 0.3) is 0 Å². The average Bonchev–Trinajstić information content (AvgIpc) is 2.38. The molecule has 0 fully saturated rings. The third-order valence-corrected chi connectivity index (χ3v) is 3.58. The van der Waals surface area contributed by atoms with Gasteiger partial charge in [0.2, 0.25) is 0 Å². The molecule has 0 saturated heterocycles. The first kappa shape index (κ1) is 15.7. The molecule has 19 heavy (non-hydrogen) atoms. The fourth-order valence-electron chi connectivity index (χ4n) is 1.48. The second-order valence-corrected chi connectivity index (χ2v) is 5.59. The van der Waals surface area contributed by atoms with Gasteiger partial charge in [0.15, 0.2) is 0 Å². The van der Waals surface area contributed by atoms with Crippen LogP contribution in [0, 0.1) is 0 Å². The highest BCUT2D eigenvalue weighted by Crippen LogP contribution is 2.12. The van der Waals surface area contributed by atoms with Gasteiger partial charge in [-0.3, -0.25) is 4.21 Å². The molecule has 1 aromatic rings. The van der Waals surface area contributed by atoms with E-state index in [1.165, 1.54) is 0 Å². The Balaban J connectivity index is 2.44. The average molecular weight is 284 g/mol. The van der Waals surface area contributed by atoms with Crippen LogP contribution in [0.5, 0.6) is 0 Å². The topological polar surface area (TPSA) is 78.4 Å². The third kappa shape index (κ3) is 5.85. The van der Waals surface area contributed by atoms with Gasteiger partial charge in [-0.25, -0.2) is 4.79 Å². The summed E-state index contributed by atoms with van der Waals surface area (Å²) in [5.74, 6) is 0. The van der Waals surface area contributed by atoms with Gasteiger partial charge in [0, 0.05) is 34.2 Å². The van der Waals surface area contributed by atoms with Crippen molar-refractivity contribution in [2.24, 2.45) is 0 Å². The van der Waals surface area contributed by atoms with Crippen LogP contribution in [0.4, 0.5) is 10.5 Å². The Morgan fingerprint density at radius 3 is 2.84 bits per heavy atom. The van der Waals surface area contributed by atoms with Crippen LogP contribution in [0.3, 0.4) is 0 Å². The second kappa shape index (κ2) is 7.91.